The van der Waals surface area contributed by atoms with Gasteiger partial charge in [-0.3, -0.25) is 9.59 Å². The molecular formula is C24H21NO6. The number of rotatable bonds is 8. The fourth-order valence-corrected chi connectivity index (χ4v) is 2.91. The summed E-state index contributed by atoms with van der Waals surface area (Å²) in [5, 5.41) is 11.2. The number of carboxylic acids is 1. The maximum Gasteiger partial charge on any atom is 0.394 e. The van der Waals surface area contributed by atoms with Crippen LogP contribution in [0, 0.1) is 0 Å². The molecule has 3 aromatic carbocycles. The van der Waals surface area contributed by atoms with E-state index in [0.29, 0.717) is 29.2 Å². The Labute approximate surface area is 179 Å². The third kappa shape index (κ3) is 5.70. The van der Waals surface area contributed by atoms with Crippen LogP contribution in [0.2, 0.25) is 0 Å². The highest BCUT2D eigenvalue weighted by molar-refractivity contribution is 6.32. The maximum absolute atomic E-state index is 13.0. The summed E-state index contributed by atoms with van der Waals surface area (Å²) < 4.78 is 10.8. The molecule has 1 amide bonds. The van der Waals surface area contributed by atoms with Crippen molar-refractivity contribution in [2.24, 2.45) is 0 Å². The lowest BCUT2D eigenvalue weighted by atomic mass is 9.97. The molecular weight excluding hydrogens is 398 g/mol. The third-order valence-electron chi connectivity index (χ3n) is 4.57. The number of ketones is 1. The number of benzene rings is 3. The Kier molecular flexibility index (Phi) is 7.01. The Hall–Kier alpha value is -4.13. The van der Waals surface area contributed by atoms with E-state index in [1.54, 1.807) is 48.5 Å². The van der Waals surface area contributed by atoms with Gasteiger partial charge in [-0.15, -0.1) is 0 Å². The Balaban J connectivity index is 1.80. The standard InChI is InChI=1S/C24H21NO6/c1-30-19-11-9-18(10-12-19)22(26)21(25-23(27)24(28)29)17-7-13-20(14-8-17)31-15-16-5-3-2-4-6-16/h2-14,21H,15H2,1H3,(H,25,27)(H,28,29). The molecule has 1 unspecified atom stereocenters. The van der Waals surface area contributed by atoms with Crippen LogP contribution in [0.5, 0.6) is 11.5 Å². The van der Waals surface area contributed by atoms with Crippen LogP contribution in [0.3, 0.4) is 0 Å². The molecule has 0 spiro atoms. The molecule has 0 saturated carbocycles. The van der Waals surface area contributed by atoms with E-state index in [2.05, 4.69) is 5.32 Å². The number of hydrogen-bond donors (Lipinski definition) is 2. The first-order chi connectivity index (χ1) is 15.0. The molecule has 0 heterocycles. The molecule has 0 aliphatic heterocycles. The first-order valence-corrected chi connectivity index (χ1v) is 9.46. The fraction of sp³-hybridized carbons (Fsp3) is 0.125. The van der Waals surface area contributed by atoms with E-state index >= 15 is 0 Å². The van der Waals surface area contributed by atoms with Gasteiger partial charge in [0.2, 0.25) is 0 Å². The monoisotopic (exact) mass is 419 g/mol. The average molecular weight is 419 g/mol. The molecule has 0 bridgehead atoms. The second-order valence-electron chi connectivity index (χ2n) is 6.65. The van der Waals surface area contributed by atoms with Crippen LogP contribution in [-0.2, 0) is 16.2 Å². The fourth-order valence-electron chi connectivity index (χ4n) is 2.91. The van der Waals surface area contributed by atoms with Gasteiger partial charge in [-0.25, -0.2) is 4.79 Å². The quantitative estimate of drug-likeness (QED) is 0.429. The number of amides is 1. The molecule has 2 N–H and O–H groups in total. The first-order valence-electron chi connectivity index (χ1n) is 9.46. The number of nitrogens with one attached hydrogen (secondary N) is 1. The van der Waals surface area contributed by atoms with Crippen molar-refractivity contribution in [3.63, 3.8) is 0 Å². The number of carboxylic acid groups (broad SMARTS) is 1. The first kappa shape index (κ1) is 21.6. The average Bonchev–Trinajstić information content (AvgIpc) is 2.81. The molecule has 3 aromatic rings. The lowest BCUT2D eigenvalue weighted by Crippen LogP contribution is -2.38. The molecule has 0 aliphatic carbocycles. The van der Waals surface area contributed by atoms with Crippen molar-refractivity contribution in [1.29, 1.82) is 0 Å². The van der Waals surface area contributed by atoms with Gasteiger partial charge in [-0.05, 0) is 47.5 Å². The number of Topliss-reactive ketones (excluding diaryl/α,β-unsaturated/α-hetero) is 1. The number of hydrogen-bond acceptors (Lipinski definition) is 5. The molecule has 0 radical (unpaired) electrons. The molecule has 0 fully saturated rings. The van der Waals surface area contributed by atoms with Crippen molar-refractivity contribution in [1.82, 2.24) is 5.32 Å². The van der Waals surface area contributed by atoms with E-state index in [1.807, 2.05) is 30.3 Å². The van der Waals surface area contributed by atoms with Gasteiger partial charge in [0.1, 0.15) is 24.1 Å². The van der Waals surface area contributed by atoms with E-state index in [-0.39, 0.29) is 0 Å². The molecule has 0 aliphatic rings. The summed E-state index contributed by atoms with van der Waals surface area (Å²) >= 11 is 0. The summed E-state index contributed by atoms with van der Waals surface area (Å²) in [4.78, 5) is 35.8. The Morgan fingerprint density at radius 3 is 2.06 bits per heavy atom. The number of methoxy groups -OCH3 is 1. The summed E-state index contributed by atoms with van der Waals surface area (Å²) in [5.41, 5.74) is 1.75. The predicted molar refractivity (Wildman–Crippen MR) is 113 cm³/mol. The summed E-state index contributed by atoms with van der Waals surface area (Å²) in [5.74, 6) is -2.24. The lowest BCUT2D eigenvalue weighted by molar-refractivity contribution is -0.150. The number of ether oxygens (including phenoxy) is 2. The summed E-state index contributed by atoms with van der Waals surface area (Å²) in [6.07, 6.45) is 0. The van der Waals surface area contributed by atoms with E-state index < -0.39 is 23.7 Å². The van der Waals surface area contributed by atoms with Crippen LogP contribution < -0.4 is 14.8 Å². The van der Waals surface area contributed by atoms with Crippen LogP contribution in [0.15, 0.2) is 78.9 Å². The molecule has 31 heavy (non-hydrogen) atoms. The van der Waals surface area contributed by atoms with E-state index in [4.69, 9.17) is 14.6 Å². The third-order valence-corrected chi connectivity index (χ3v) is 4.57. The van der Waals surface area contributed by atoms with Crippen LogP contribution >= 0.6 is 0 Å². The zero-order valence-electron chi connectivity index (χ0n) is 16.8. The number of carbonyl (C=O) groups is 3. The Morgan fingerprint density at radius 2 is 1.48 bits per heavy atom. The van der Waals surface area contributed by atoms with Gasteiger partial charge in [-0.1, -0.05) is 42.5 Å². The second kappa shape index (κ2) is 10.1. The molecule has 7 heteroatoms. The largest absolute Gasteiger partial charge is 0.497 e. The van der Waals surface area contributed by atoms with E-state index in [0.717, 1.165) is 5.56 Å². The highest BCUT2D eigenvalue weighted by Gasteiger charge is 2.26. The zero-order valence-corrected chi connectivity index (χ0v) is 16.8. The minimum atomic E-state index is -1.67. The SMILES string of the molecule is COc1ccc(C(=O)C(NC(=O)C(=O)O)c2ccc(OCc3ccccc3)cc2)cc1. The minimum absolute atomic E-state index is 0.306. The van der Waals surface area contributed by atoms with Gasteiger partial charge < -0.3 is 19.9 Å². The molecule has 158 valence electrons. The van der Waals surface area contributed by atoms with Crippen molar-refractivity contribution in [2.75, 3.05) is 7.11 Å². The molecule has 3 rings (SSSR count). The van der Waals surface area contributed by atoms with Gasteiger partial charge in [0.15, 0.2) is 5.78 Å². The van der Waals surface area contributed by atoms with Crippen molar-refractivity contribution < 1.29 is 29.0 Å². The van der Waals surface area contributed by atoms with Crippen molar-refractivity contribution in [3.8, 4) is 11.5 Å². The summed E-state index contributed by atoms with van der Waals surface area (Å²) in [7, 11) is 1.51. The zero-order chi connectivity index (χ0) is 22.2. The molecule has 1 atom stereocenters. The van der Waals surface area contributed by atoms with Gasteiger partial charge in [0, 0.05) is 5.56 Å². The minimum Gasteiger partial charge on any atom is -0.497 e. The molecule has 7 nitrogen and oxygen atoms in total. The van der Waals surface area contributed by atoms with Gasteiger partial charge in [-0.2, -0.15) is 0 Å². The normalized spacial score (nSPS) is 11.3. The van der Waals surface area contributed by atoms with Gasteiger partial charge in [0.05, 0.1) is 7.11 Å². The highest BCUT2D eigenvalue weighted by Crippen LogP contribution is 2.23. The van der Waals surface area contributed by atoms with Crippen molar-refractivity contribution in [2.45, 2.75) is 12.6 Å². The second-order valence-corrected chi connectivity index (χ2v) is 6.65. The van der Waals surface area contributed by atoms with Gasteiger partial charge in [0.25, 0.3) is 0 Å². The highest BCUT2D eigenvalue weighted by atomic mass is 16.5. The van der Waals surface area contributed by atoms with Crippen molar-refractivity contribution in [3.05, 3.63) is 95.6 Å². The predicted octanol–water partition coefficient (Wildman–Crippen LogP) is 3.40. The molecule has 0 saturated heterocycles. The smallest absolute Gasteiger partial charge is 0.394 e. The lowest BCUT2D eigenvalue weighted by Gasteiger charge is -2.18. The Bertz CT molecular complexity index is 1050. The summed E-state index contributed by atoms with van der Waals surface area (Å²) in [6.45, 7) is 0.379. The van der Waals surface area contributed by atoms with Crippen LogP contribution in [0.4, 0.5) is 0 Å². The molecule has 0 aromatic heterocycles. The van der Waals surface area contributed by atoms with Crippen molar-refractivity contribution >= 4 is 17.7 Å². The summed E-state index contributed by atoms with van der Waals surface area (Å²) in [6, 6.07) is 21.4. The van der Waals surface area contributed by atoms with E-state index in [1.165, 1.54) is 7.11 Å². The van der Waals surface area contributed by atoms with Gasteiger partial charge >= 0.3 is 11.9 Å². The maximum atomic E-state index is 13.0. The van der Waals surface area contributed by atoms with E-state index in [9.17, 15) is 14.4 Å². The topological polar surface area (TPSA) is 102 Å². The number of carbonyl (C=O) groups excluding carboxylic acids is 2. The Morgan fingerprint density at radius 1 is 0.871 bits per heavy atom. The van der Waals surface area contributed by atoms with Crippen LogP contribution in [0.25, 0.3) is 0 Å². The van der Waals surface area contributed by atoms with Crippen LogP contribution in [0.1, 0.15) is 27.5 Å². The number of aliphatic carboxylic acids is 1. The van der Waals surface area contributed by atoms with Crippen LogP contribution in [-0.4, -0.2) is 29.9 Å².